The molecular formula is C20H29IN6S. The van der Waals surface area contributed by atoms with E-state index in [1.807, 2.05) is 19.0 Å². The van der Waals surface area contributed by atoms with Crippen molar-refractivity contribution in [2.24, 2.45) is 4.99 Å². The molecule has 3 rings (SSSR count). The Hall–Kier alpha value is -1.81. The zero-order valence-corrected chi connectivity index (χ0v) is 19.8. The van der Waals surface area contributed by atoms with Crippen LogP contribution in [0.3, 0.4) is 0 Å². The summed E-state index contributed by atoms with van der Waals surface area (Å²) in [6.07, 6.45) is 4.41. The molecule has 8 heteroatoms. The van der Waals surface area contributed by atoms with Gasteiger partial charge in [0.25, 0.3) is 0 Å². The van der Waals surface area contributed by atoms with Gasteiger partial charge in [0, 0.05) is 44.8 Å². The van der Waals surface area contributed by atoms with Gasteiger partial charge >= 0.3 is 0 Å². The lowest BCUT2D eigenvalue weighted by molar-refractivity contribution is 0.803. The van der Waals surface area contributed by atoms with Crippen LogP contribution in [0.1, 0.15) is 18.2 Å². The molecule has 0 saturated carbocycles. The fraction of sp³-hybridized carbons (Fsp3) is 0.400. The van der Waals surface area contributed by atoms with Crippen LogP contribution in [-0.4, -0.2) is 44.7 Å². The van der Waals surface area contributed by atoms with E-state index in [0.29, 0.717) is 13.1 Å². The minimum atomic E-state index is 0. The number of hydrogen-bond donors (Lipinski definition) is 2. The molecule has 0 fully saturated rings. The number of halogens is 1. The van der Waals surface area contributed by atoms with Crippen LogP contribution >= 0.6 is 35.3 Å². The van der Waals surface area contributed by atoms with Crippen LogP contribution in [0.25, 0.3) is 0 Å². The summed E-state index contributed by atoms with van der Waals surface area (Å²) in [6, 6.07) is 8.62. The van der Waals surface area contributed by atoms with Gasteiger partial charge in [-0.1, -0.05) is 24.3 Å². The third-order valence-corrected chi connectivity index (χ3v) is 5.27. The number of hydrogen-bond acceptors (Lipinski definition) is 5. The number of aliphatic imine (C=N–C) groups is 1. The van der Waals surface area contributed by atoms with E-state index in [1.54, 1.807) is 11.3 Å². The Morgan fingerprint density at radius 1 is 1.25 bits per heavy atom. The van der Waals surface area contributed by atoms with Crippen molar-refractivity contribution in [3.8, 4) is 0 Å². The Kier molecular flexibility index (Phi) is 9.04. The second-order valence-corrected chi connectivity index (χ2v) is 7.45. The van der Waals surface area contributed by atoms with Gasteiger partial charge in [0.15, 0.2) is 11.1 Å². The van der Waals surface area contributed by atoms with E-state index >= 15 is 0 Å². The van der Waals surface area contributed by atoms with Gasteiger partial charge in [-0.05, 0) is 24.6 Å². The molecule has 1 aliphatic rings. The van der Waals surface area contributed by atoms with Crippen LogP contribution < -0.4 is 20.4 Å². The first-order valence-corrected chi connectivity index (χ1v) is 10.2. The molecule has 0 amide bonds. The number of anilines is 2. The molecule has 1 aromatic heterocycles. The third-order valence-electron chi connectivity index (χ3n) is 4.22. The number of nitrogens with one attached hydrogen (secondary N) is 2. The molecule has 1 aliphatic heterocycles. The van der Waals surface area contributed by atoms with Crippen molar-refractivity contribution in [2.75, 3.05) is 43.5 Å². The Morgan fingerprint density at radius 2 is 2.04 bits per heavy atom. The Bertz CT molecular complexity index is 793. The van der Waals surface area contributed by atoms with Crippen LogP contribution in [0, 0.1) is 0 Å². The quantitative estimate of drug-likeness (QED) is 0.258. The largest absolute Gasteiger partial charge is 0.364 e. The summed E-state index contributed by atoms with van der Waals surface area (Å²) in [5.41, 5.74) is 3.49. The maximum absolute atomic E-state index is 4.73. The van der Waals surface area contributed by atoms with Crippen LogP contribution in [0.5, 0.6) is 0 Å². The van der Waals surface area contributed by atoms with Gasteiger partial charge in [-0.3, -0.25) is 0 Å². The fourth-order valence-electron chi connectivity index (χ4n) is 2.81. The van der Waals surface area contributed by atoms with E-state index in [1.165, 1.54) is 11.3 Å². The Balaban J connectivity index is 0.00000280. The standard InChI is InChI=1S/C20H28N6S.HI/c1-4-21-19(23-14-17-15-27-20(24-17)25(2)3)22-13-16-8-7-9-18(12-16)26-10-5-6-11-26;/h5-9,12,15H,4,10-11,13-14H2,1-3H3,(H2,21,22,23);1H. The average Bonchev–Trinajstić information content (AvgIpc) is 3.36. The minimum absolute atomic E-state index is 0. The first-order valence-electron chi connectivity index (χ1n) is 9.28. The highest BCUT2D eigenvalue weighted by atomic mass is 127. The van der Waals surface area contributed by atoms with Gasteiger partial charge in [-0.2, -0.15) is 0 Å². The molecule has 6 nitrogen and oxygen atoms in total. The van der Waals surface area contributed by atoms with Gasteiger partial charge in [0.2, 0.25) is 0 Å². The molecule has 0 bridgehead atoms. The third kappa shape index (κ3) is 6.37. The van der Waals surface area contributed by atoms with Gasteiger partial charge in [0.1, 0.15) is 0 Å². The molecule has 0 atom stereocenters. The molecule has 0 unspecified atom stereocenters. The molecule has 28 heavy (non-hydrogen) atoms. The maximum Gasteiger partial charge on any atom is 0.191 e. The van der Waals surface area contributed by atoms with Gasteiger partial charge in [-0.15, -0.1) is 35.3 Å². The zero-order valence-electron chi connectivity index (χ0n) is 16.7. The second kappa shape index (κ2) is 11.3. The minimum Gasteiger partial charge on any atom is -0.364 e. The molecule has 2 heterocycles. The van der Waals surface area contributed by atoms with E-state index in [4.69, 9.17) is 4.99 Å². The fourth-order valence-corrected chi connectivity index (χ4v) is 3.57. The average molecular weight is 512 g/mol. The first kappa shape index (κ1) is 22.5. The van der Waals surface area contributed by atoms with E-state index in [2.05, 4.69) is 69.2 Å². The van der Waals surface area contributed by atoms with Crippen molar-refractivity contribution >= 4 is 52.1 Å². The lowest BCUT2D eigenvalue weighted by atomic mass is 10.2. The highest BCUT2D eigenvalue weighted by Gasteiger charge is 2.08. The van der Waals surface area contributed by atoms with Crippen molar-refractivity contribution in [3.05, 3.63) is 53.1 Å². The molecule has 0 aliphatic carbocycles. The zero-order chi connectivity index (χ0) is 19.1. The molecule has 0 radical (unpaired) electrons. The van der Waals surface area contributed by atoms with Crippen LogP contribution in [0.15, 0.2) is 46.8 Å². The highest BCUT2D eigenvalue weighted by Crippen LogP contribution is 2.19. The van der Waals surface area contributed by atoms with Gasteiger partial charge in [-0.25, -0.2) is 9.98 Å². The SMILES string of the molecule is CCNC(=NCc1cccc(N2CC=CC2)c1)NCc1csc(N(C)C)n1.I. The van der Waals surface area contributed by atoms with Crippen LogP contribution in [-0.2, 0) is 13.1 Å². The first-order chi connectivity index (χ1) is 13.2. The summed E-state index contributed by atoms with van der Waals surface area (Å²) < 4.78 is 0. The van der Waals surface area contributed by atoms with Crippen molar-refractivity contribution in [3.63, 3.8) is 0 Å². The summed E-state index contributed by atoms with van der Waals surface area (Å²) in [7, 11) is 4.02. The van der Waals surface area contributed by atoms with Crippen molar-refractivity contribution < 1.29 is 0 Å². The molecule has 0 saturated heterocycles. The summed E-state index contributed by atoms with van der Waals surface area (Å²) in [4.78, 5) is 13.7. The summed E-state index contributed by atoms with van der Waals surface area (Å²) in [5, 5.41) is 9.78. The normalized spacial score (nSPS) is 13.4. The predicted octanol–water partition coefficient (Wildman–Crippen LogP) is 3.46. The van der Waals surface area contributed by atoms with Crippen LogP contribution in [0.2, 0.25) is 0 Å². The molecular weight excluding hydrogens is 483 g/mol. The van der Waals surface area contributed by atoms with Crippen LogP contribution in [0.4, 0.5) is 10.8 Å². The lowest BCUT2D eigenvalue weighted by Gasteiger charge is -2.18. The van der Waals surface area contributed by atoms with E-state index in [0.717, 1.165) is 36.4 Å². The number of thiazole rings is 1. The van der Waals surface area contributed by atoms with E-state index in [-0.39, 0.29) is 24.0 Å². The van der Waals surface area contributed by atoms with E-state index in [9.17, 15) is 0 Å². The second-order valence-electron chi connectivity index (χ2n) is 6.61. The topological polar surface area (TPSA) is 55.8 Å². The summed E-state index contributed by atoms with van der Waals surface area (Å²) in [6.45, 7) is 6.18. The maximum atomic E-state index is 4.73. The van der Waals surface area contributed by atoms with Crippen molar-refractivity contribution in [1.82, 2.24) is 15.6 Å². The molecule has 1 aromatic carbocycles. The smallest absolute Gasteiger partial charge is 0.191 e. The van der Waals surface area contributed by atoms with Gasteiger partial charge < -0.3 is 20.4 Å². The summed E-state index contributed by atoms with van der Waals surface area (Å²) in [5.74, 6) is 0.810. The highest BCUT2D eigenvalue weighted by molar-refractivity contribution is 14.0. The number of nitrogens with zero attached hydrogens (tertiary/aromatic N) is 4. The predicted molar refractivity (Wildman–Crippen MR) is 131 cm³/mol. The van der Waals surface area contributed by atoms with Crippen molar-refractivity contribution in [2.45, 2.75) is 20.0 Å². The Labute approximate surface area is 188 Å². The van der Waals surface area contributed by atoms with Crippen molar-refractivity contribution in [1.29, 1.82) is 0 Å². The molecule has 152 valence electrons. The van der Waals surface area contributed by atoms with Gasteiger partial charge in [0.05, 0.1) is 18.8 Å². The Morgan fingerprint density at radius 3 is 2.71 bits per heavy atom. The molecule has 2 aromatic rings. The lowest BCUT2D eigenvalue weighted by Crippen LogP contribution is -2.36. The van der Waals surface area contributed by atoms with E-state index < -0.39 is 0 Å². The summed E-state index contributed by atoms with van der Waals surface area (Å²) >= 11 is 1.65. The molecule has 0 spiro atoms. The number of aromatic nitrogens is 1. The monoisotopic (exact) mass is 512 g/mol. The number of guanidine groups is 1. The molecule has 2 N–H and O–H groups in total. The number of rotatable bonds is 7. The number of benzene rings is 1.